The van der Waals surface area contributed by atoms with Gasteiger partial charge in [0.15, 0.2) is 0 Å². The molecule has 32 heavy (non-hydrogen) atoms. The average Bonchev–Trinajstić information content (AvgIpc) is 3.12. The van der Waals surface area contributed by atoms with Gasteiger partial charge in [-0.25, -0.2) is 13.9 Å². The zero-order chi connectivity index (χ0) is 23.6. The monoisotopic (exact) mass is 452 g/mol. The third-order valence-electron chi connectivity index (χ3n) is 5.18. The molecule has 0 fully saturated rings. The Balaban J connectivity index is 2.07. The number of halogens is 3. The molecule has 1 aromatic carbocycles. The van der Waals surface area contributed by atoms with E-state index in [0.717, 1.165) is 6.20 Å². The van der Waals surface area contributed by atoms with Crippen LogP contribution in [-0.2, 0) is 9.53 Å². The third kappa shape index (κ3) is 5.41. The van der Waals surface area contributed by atoms with E-state index in [1.165, 1.54) is 6.92 Å². The van der Waals surface area contributed by atoms with E-state index >= 15 is 0 Å². The number of fused-ring (bicyclic) bond motifs is 4. The number of alkyl halides is 3. The van der Waals surface area contributed by atoms with E-state index < -0.39 is 42.3 Å². The number of aromatic nitrogens is 2. The van der Waals surface area contributed by atoms with Crippen LogP contribution in [0.3, 0.4) is 0 Å². The molecule has 2 bridgehead atoms. The molecule has 1 unspecified atom stereocenters. The van der Waals surface area contributed by atoms with E-state index in [4.69, 9.17) is 4.74 Å². The predicted octanol–water partition coefficient (Wildman–Crippen LogP) is 5.22. The van der Waals surface area contributed by atoms with Crippen LogP contribution in [0.2, 0.25) is 0 Å². The molecule has 0 spiro atoms. The molecule has 0 radical (unpaired) electrons. The largest absolute Gasteiger partial charge is 0.444 e. The summed E-state index contributed by atoms with van der Waals surface area (Å²) in [5, 5.41) is 8.96. The van der Waals surface area contributed by atoms with Crippen LogP contribution in [0.15, 0.2) is 30.5 Å². The van der Waals surface area contributed by atoms with E-state index in [2.05, 4.69) is 15.7 Å². The molecule has 1 aromatic heterocycles. The highest BCUT2D eigenvalue weighted by atomic mass is 19.3. The smallest absolute Gasteiger partial charge is 0.408 e. The fourth-order valence-electron chi connectivity index (χ4n) is 3.55. The van der Waals surface area contributed by atoms with Crippen molar-refractivity contribution in [3.05, 3.63) is 36.0 Å². The lowest BCUT2D eigenvalue weighted by Crippen LogP contribution is -2.36. The number of rotatable bonds is 2. The summed E-state index contributed by atoms with van der Waals surface area (Å²) in [4.78, 5) is 24.9. The number of carbonyl (C=O) groups excluding carboxylic acids is 2. The molecule has 3 rings (SSSR count). The molecule has 1 aliphatic heterocycles. The van der Waals surface area contributed by atoms with Crippen LogP contribution < -0.4 is 10.6 Å². The van der Waals surface area contributed by atoms with Crippen LogP contribution in [0.5, 0.6) is 0 Å². The number of alkyl carbamates (subject to hydrolysis) is 1. The molecular weight excluding hydrogens is 425 g/mol. The molecule has 2 N–H and O–H groups in total. The minimum atomic E-state index is -2.95. The molecule has 2 aromatic rings. The van der Waals surface area contributed by atoms with E-state index in [-0.39, 0.29) is 24.2 Å². The van der Waals surface area contributed by atoms with Crippen molar-refractivity contribution in [1.29, 1.82) is 0 Å². The van der Waals surface area contributed by atoms with Crippen molar-refractivity contribution < 1.29 is 27.5 Å². The number of anilines is 1. The third-order valence-corrected chi connectivity index (χ3v) is 5.18. The van der Waals surface area contributed by atoms with Gasteiger partial charge in [0.25, 0.3) is 0 Å². The summed E-state index contributed by atoms with van der Waals surface area (Å²) in [5.41, 5.74) is 0.286. The van der Waals surface area contributed by atoms with Crippen molar-refractivity contribution in [1.82, 2.24) is 15.1 Å². The van der Waals surface area contributed by atoms with Crippen molar-refractivity contribution in [2.75, 3.05) is 5.32 Å². The SMILES string of the molecule is C[C@H]1C(=O)Nc2cnn(C(F)F)c2-c2cccc(c2)[C@@H](NC(=O)OC(C)(C)C)CCC1F. The van der Waals surface area contributed by atoms with Gasteiger partial charge in [0, 0.05) is 5.56 Å². The minimum absolute atomic E-state index is 0.00241. The van der Waals surface area contributed by atoms with Crippen molar-refractivity contribution in [2.24, 2.45) is 5.92 Å². The maximum atomic E-state index is 14.8. The molecule has 174 valence electrons. The maximum Gasteiger partial charge on any atom is 0.408 e. The summed E-state index contributed by atoms with van der Waals surface area (Å²) in [6, 6.07) is 5.93. The van der Waals surface area contributed by atoms with E-state index in [0.29, 0.717) is 15.8 Å². The summed E-state index contributed by atoms with van der Waals surface area (Å²) >= 11 is 0. The Morgan fingerprint density at radius 1 is 1.31 bits per heavy atom. The molecule has 0 saturated heterocycles. The van der Waals surface area contributed by atoms with Gasteiger partial charge in [-0.15, -0.1) is 0 Å². The number of ether oxygens (including phenoxy) is 1. The van der Waals surface area contributed by atoms with Crippen molar-refractivity contribution in [3.63, 3.8) is 0 Å². The Kier molecular flexibility index (Phi) is 6.80. The molecule has 2 amide bonds. The lowest BCUT2D eigenvalue weighted by Gasteiger charge is -2.26. The normalized spacial score (nSPS) is 21.8. The first-order valence-corrected chi connectivity index (χ1v) is 10.4. The van der Waals surface area contributed by atoms with Gasteiger partial charge in [-0.05, 0) is 45.2 Å². The average molecular weight is 452 g/mol. The first-order chi connectivity index (χ1) is 15.0. The second-order valence-corrected chi connectivity index (χ2v) is 8.82. The number of benzene rings is 1. The number of nitrogens with one attached hydrogen (secondary N) is 2. The second kappa shape index (κ2) is 9.22. The predicted molar refractivity (Wildman–Crippen MR) is 113 cm³/mol. The van der Waals surface area contributed by atoms with Crippen LogP contribution in [0.4, 0.5) is 23.7 Å². The van der Waals surface area contributed by atoms with Crippen LogP contribution >= 0.6 is 0 Å². The Hall–Kier alpha value is -3.04. The van der Waals surface area contributed by atoms with Gasteiger partial charge >= 0.3 is 12.6 Å². The molecule has 1 aliphatic rings. The number of nitrogens with zero attached hydrogens (tertiary/aromatic N) is 2. The maximum absolute atomic E-state index is 14.8. The standard InChI is InChI=1S/C22H27F3N4O3/c1-12-15(23)8-9-16(28-21(31)32-22(2,3)4)13-6-5-7-14(10-13)18-17(27-19(12)30)11-26-29(18)20(24)25/h5-7,10-12,15-16,20H,8-9H2,1-4H3,(H,27,30)(H,28,31)/t12-,15?,16+/m1/s1. The van der Waals surface area contributed by atoms with Gasteiger partial charge in [-0.3, -0.25) is 4.79 Å². The summed E-state index contributed by atoms with van der Waals surface area (Å²) in [5.74, 6) is -1.67. The highest BCUT2D eigenvalue weighted by molar-refractivity contribution is 5.96. The summed E-state index contributed by atoms with van der Waals surface area (Å²) in [6.45, 7) is 3.64. The van der Waals surface area contributed by atoms with Gasteiger partial charge in [0.1, 0.15) is 11.8 Å². The van der Waals surface area contributed by atoms with Gasteiger partial charge in [0.2, 0.25) is 5.91 Å². The molecular formula is C22H27F3N4O3. The number of carbonyl (C=O) groups is 2. The first kappa shape index (κ1) is 23.6. The number of amides is 2. The lowest BCUT2D eigenvalue weighted by atomic mass is 9.93. The molecule has 7 nitrogen and oxygen atoms in total. The van der Waals surface area contributed by atoms with Crippen LogP contribution in [0.25, 0.3) is 11.3 Å². The minimum Gasteiger partial charge on any atom is -0.444 e. The van der Waals surface area contributed by atoms with E-state index in [1.54, 1.807) is 45.0 Å². The molecule has 2 heterocycles. The van der Waals surface area contributed by atoms with E-state index in [1.807, 2.05) is 0 Å². The fraction of sp³-hybridized carbons (Fsp3) is 0.500. The summed E-state index contributed by atoms with van der Waals surface area (Å²) in [7, 11) is 0. The Morgan fingerprint density at radius 2 is 2.03 bits per heavy atom. The quantitative estimate of drug-likeness (QED) is 0.655. The van der Waals surface area contributed by atoms with Crippen LogP contribution in [0.1, 0.15) is 58.7 Å². The second-order valence-electron chi connectivity index (χ2n) is 8.82. The zero-order valence-corrected chi connectivity index (χ0v) is 18.4. The van der Waals surface area contributed by atoms with Gasteiger partial charge < -0.3 is 15.4 Å². The Morgan fingerprint density at radius 3 is 2.69 bits per heavy atom. The molecule has 10 heteroatoms. The zero-order valence-electron chi connectivity index (χ0n) is 18.4. The van der Waals surface area contributed by atoms with E-state index in [9.17, 15) is 22.8 Å². The van der Waals surface area contributed by atoms with Crippen molar-refractivity contribution in [3.8, 4) is 11.3 Å². The topological polar surface area (TPSA) is 85.3 Å². The highest BCUT2D eigenvalue weighted by Gasteiger charge is 2.30. The van der Waals surface area contributed by atoms with Gasteiger partial charge in [0.05, 0.1) is 29.5 Å². The molecule has 3 atom stereocenters. The molecule has 0 aliphatic carbocycles. The van der Waals surface area contributed by atoms with Crippen molar-refractivity contribution >= 4 is 17.7 Å². The molecule has 0 saturated carbocycles. The fourth-order valence-corrected chi connectivity index (χ4v) is 3.55. The highest BCUT2D eigenvalue weighted by Crippen LogP contribution is 2.35. The van der Waals surface area contributed by atoms with Crippen LogP contribution in [0, 0.1) is 5.92 Å². The Bertz CT molecular complexity index is 987. The summed E-state index contributed by atoms with van der Waals surface area (Å²) in [6.07, 6.45) is -0.882. The number of hydrogen-bond donors (Lipinski definition) is 2. The van der Waals surface area contributed by atoms with Crippen molar-refractivity contribution in [2.45, 2.75) is 64.9 Å². The Labute approximate surface area is 184 Å². The number of hydrogen-bond acceptors (Lipinski definition) is 4. The van der Waals surface area contributed by atoms with Gasteiger partial charge in [-0.2, -0.15) is 13.9 Å². The lowest BCUT2D eigenvalue weighted by molar-refractivity contribution is -0.121. The summed E-state index contributed by atoms with van der Waals surface area (Å²) < 4.78 is 47.9. The van der Waals surface area contributed by atoms with Crippen LogP contribution in [-0.4, -0.2) is 33.6 Å². The first-order valence-electron chi connectivity index (χ1n) is 10.4. The van der Waals surface area contributed by atoms with Gasteiger partial charge in [-0.1, -0.05) is 25.1 Å².